The molecule has 0 radical (unpaired) electrons. The van der Waals surface area contributed by atoms with Gasteiger partial charge >= 0.3 is 5.97 Å². The summed E-state index contributed by atoms with van der Waals surface area (Å²) < 4.78 is 6.34. The van der Waals surface area contributed by atoms with E-state index in [9.17, 15) is 9.90 Å². The number of carbonyl (C=O) groups is 1. The molecule has 0 heterocycles. The lowest BCUT2D eigenvalue weighted by Crippen LogP contribution is -2.10. The Morgan fingerprint density at radius 3 is 2.55 bits per heavy atom. The van der Waals surface area contributed by atoms with E-state index in [-0.39, 0.29) is 12.3 Å². The summed E-state index contributed by atoms with van der Waals surface area (Å²) in [4.78, 5) is 11.2. The smallest absolute Gasteiger partial charge is 0.303 e. The standard InChI is InChI=1S/C16H21BrO3/c1-9(2)11-6-13(16(17)14(7-11)20-3)12(8-15(18)19)10-4-5-10/h6-7,9-10,12H,4-5,8H2,1-3H3,(H,18,19). The molecule has 0 bridgehead atoms. The van der Waals surface area contributed by atoms with Gasteiger partial charge in [0, 0.05) is 0 Å². The number of hydrogen-bond acceptors (Lipinski definition) is 2. The zero-order valence-electron chi connectivity index (χ0n) is 12.1. The van der Waals surface area contributed by atoms with Crippen LogP contribution in [0.4, 0.5) is 0 Å². The van der Waals surface area contributed by atoms with E-state index in [1.807, 2.05) is 6.07 Å². The first-order valence-electron chi connectivity index (χ1n) is 7.03. The molecular formula is C16H21BrO3. The monoisotopic (exact) mass is 340 g/mol. The first-order chi connectivity index (χ1) is 9.43. The van der Waals surface area contributed by atoms with Crippen molar-refractivity contribution in [1.29, 1.82) is 0 Å². The highest BCUT2D eigenvalue weighted by Crippen LogP contribution is 2.48. The Balaban J connectivity index is 2.46. The van der Waals surface area contributed by atoms with E-state index in [0.29, 0.717) is 11.8 Å². The van der Waals surface area contributed by atoms with Crippen LogP contribution in [-0.4, -0.2) is 18.2 Å². The molecular weight excluding hydrogens is 320 g/mol. The van der Waals surface area contributed by atoms with Crippen molar-refractivity contribution >= 4 is 21.9 Å². The van der Waals surface area contributed by atoms with E-state index >= 15 is 0 Å². The number of benzene rings is 1. The summed E-state index contributed by atoms with van der Waals surface area (Å²) in [7, 11) is 1.65. The molecule has 1 aromatic rings. The molecule has 0 saturated heterocycles. The molecule has 110 valence electrons. The zero-order chi connectivity index (χ0) is 14.9. The number of rotatable bonds is 6. The van der Waals surface area contributed by atoms with Gasteiger partial charge < -0.3 is 9.84 Å². The summed E-state index contributed by atoms with van der Waals surface area (Å²) in [5.74, 6) is 1.02. The molecule has 0 spiro atoms. The maximum Gasteiger partial charge on any atom is 0.303 e. The van der Waals surface area contributed by atoms with Crippen molar-refractivity contribution in [2.45, 2.75) is 44.9 Å². The van der Waals surface area contributed by atoms with Crippen LogP contribution in [0.5, 0.6) is 5.75 Å². The van der Waals surface area contributed by atoms with Crippen molar-refractivity contribution < 1.29 is 14.6 Å². The molecule has 0 aliphatic heterocycles. The Morgan fingerprint density at radius 2 is 2.10 bits per heavy atom. The van der Waals surface area contributed by atoms with Gasteiger partial charge in [0.15, 0.2) is 0 Å². The Labute approximate surface area is 128 Å². The van der Waals surface area contributed by atoms with E-state index in [4.69, 9.17) is 4.74 Å². The molecule has 2 rings (SSSR count). The van der Waals surface area contributed by atoms with Crippen molar-refractivity contribution in [1.82, 2.24) is 0 Å². The first-order valence-corrected chi connectivity index (χ1v) is 7.82. The molecule has 0 amide bonds. The van der Waals surface area contributed by atoms with Gasteiger partial charge in [0.1, 0.15) is 5.75 Å². The fraction of sp³-hybridized carbons (Fsp3) is 0.562. The van der Waals surface area contributed by atoms with Gasteiger partial charge in [-0.3, -0.25) is 4.79 Å². The number of carboxylic acids is 1. The number of ether oxygens (including phenoxy) is 1. The molecule has 0 aromatic heterocycles. The van der Waals surface area contributed by atoms with Crippen LogP contribution in [0.2, 0.25) is 0 Å². The second kappa shape index (κ2) is 6.17. The van der Waals surface area contributed by atoms with Crippen LogP contribution in [0.3, 0.4) is 0 Å². The predicted octanol–water partition coefficient (Wildman–Crippen LogP) is 4.55. The summed E-state index contributed by atoms with van der Waals surface area (Å²) in [6.45, 7) is 4.27. The lowest BCUT2D eigenvalue weighted by molar-refractivity contribution is -0.137. The van der Waals surface area contributed by atoms with Crippen molar-refractivity contribution in [3.63, 3.8) is 0 Å². The summed E-state index contributed by atoms with van der Waals surface area (Å²) in [5.41, 5.74) is 2.27. The lowest BCUT2D eigenvalue weighted by Gasteiger charge is -2.20. The predicted molar refractivity (Wildman–Crippen MR) is 82.5 cm³/mol. The molecule has 4 heteroatoms. The molecule has 1 atom stereocenters. The number of halogens is 1. The van der Waals surface area contributed by atoms with Crippen LogP contribution < -0.4 is 4.74 Å². The highest BCUT2D eigenvalue weighted by atomic mass is 79.9. The molecule has 1 unspecified atom stereocenters. The Hall–Kier alpha value is -1.03. The van der Waals surface area contributed by atoms with Crippen LogP contribution in [0.1, 0.15) is 56.1 Å². The number of methoxy groups -OCH3 is 1. The quantitative estimate of drug-likeness (QED) is 0.826. The molecule has 1 aliphatic rings. The van der Waals surface area contributed by atoms with Crippen LogP contribution in [0.25, 0.3) is 0 Å². The third kappa shape index (κ3) is 3.35. The van der Waals surface area contributed by atoms with Crippen molar-refractivity contribution in [2.24, 2.45) is 5.92 Å². The van der Waals surface area contributed by atoms with Crippen LogP contribution in [0.15, 0.2) is 16.6 Å². The fourth-order valence-electron chi connectivity index (χ4n) is 2.61. The van der Waals surface area contributed by atoms with E-state index in [1.54, 1.807) is 7.11 Å². The van der Waals surface area contributed by atoms with Gasteiger partial charge in [-0.1, -0.05) is 19.9 Å². The fourth-order valence-corrected chi connectivity index (χ4v) is 3.30. The van der Waals surface area contributed by atoms with Gasteiger partial charge in [-0.2, -0.15) is 0 Å². The third-order valence-electron chi connectivity index (χ3n) is 3.96. The molecule has 1 aliphatic carbocycles. The maximum absolute atomic E-state index is 11.2. The second-order valence-electron chi connectivity index (χ2n) is 5.82. The number of hydrogen-bond donors (Lipinski definition) is 1. The third-order valence-corrected chi connectivity index (χ3v) is 4.81. The number of aliphatic carboxylic acids is 1. The van der Waals surface area contributed by atoms with E-state index in [0.717, 1.165) is 28.6 Å². The average molecular weight is 341 g/mol. The molecule has 1 saturated carbocycles. The molecule has 1 fully saturated rings. The van der Waals surface area contributed by atoms with Crippen molar-refractivity contribution in [3.8, 4) is 5.75 Å². The van der Waals surface area contributed by atoms with Crippen LogP contribution in [0, 0.1) is 5.92 Å². The van der Waals surface area contributed by atoms with Crippen molar-refractivity contribution in [2.75, 3.05) is 7.11 Å². The molecule has 1 aromatic carbocycles. The molecule has 1 N–H and O–H groups in total. The topological polar surface area (TPSA) is 46.5 Å². The highest BCUT2D eigenvalue weighted by molar-refractivity contribution is 9.10. The Morgan fingerprint density at radius 1 is 1.45 bits per heavy atom. The summed E-state index contributed by atoms with van der Waals surface area (Å²) in [6, 6.07) is 4.17. The molecule has 3 nitrogen and oxygen atoms in total. The van der Waals surface area contributed by atoms with Crippen molar-refractivity contribution in [3.05, 3.63) is 27.7 Å². The summed E-state index contributed by atoms with van der Waals surface area (Å²) >= 11 is 3.59. The van der Waals surface area contributed by atoms with Gasteiger partial charge in [0.05, 0.1) is 18.0 Å². The minimum atomic E-state index is -0.734. The highest BCUT2D eigenvalue weighted by Gasteiger charge is 2.35. The normalized spacial score (nSPS) is 16.2. The Kier molecular flexibility index (Phi) is 4.74. The SMILES string of the molecule is COc1cc(C(C)C)cc(C(CC(=O)O)C2CC2)c1Br. The van der Waals surface area contributed by atoms with Gasteiger partial charge in [-0.05, 0) is 63.7 Å². The minimum Gasteiger partial charge on any atom is -0.496 e. The maximum atomic E-state index is 11.2. The summed E-state index contributed by atoms with van der Waals surface area (Å²) in [6.07, 6.45) is 2.44. The van der Waals surface area contributed by atoms with E-state index in [1.165, 1.54) is 5.56 Å². The van der Waals surface area contributed by atoms with Crippen LogP contribution >= 0.6 is 15.9 Å². The van der Waals surface area contributed by atoms with Gasteiger partial charge in [0.25, 0.3) is 0 Å². The second-order valence-corrected chi connectivity index (χ2v) is 6.62. The molecule has 20 heavy (non-hydrogen) atoms. The summed E-state index contributed by atoms with van der Waals surface area (Å²) in [5, 5.41) is 9.17. The van der Waals surface area contributed by atoms with Gasteiger partial charge in [-0.15, -0.1) is 0 Å². The lowest BCUT2D eigenvalue weighted by atomic mass is 9.88. The van der Waals surface area contributed by atoms with Gasteiger partial charge in [0.2, 0.25) is 0 Å². The van der Waals surface area contributed by atoms with E-state index < -0.39 is 5.97 Å². The minimum absolute atomic E-state index is 0.0782. The van der Waals surface area contributed by atoms with Crippen LogP contribution in [-0.2, 0) is 4.79 Å². The average Bonchev–Trinajstić information content (AvgIpc) is 3.20. The van der Waals surface area contributed by atoms with Gasteiger partial charge in [-0.25, -0.2) is 0 Å². The first kappa shape index (κ1) is 15.4. The largest absolute Gasteiger partial charge is 0.496 e. The number of carboxylic acid groups (broad SMARTS) is 1. The van der Waals surface area contributed by atoms with E-state index in [2.05, 4.69) is 35.8 Å². The Bertz CT molecular complexity index is 507. The zero-order valence-corrected chi connectivity index (χ0v) is 13.7.